The van der Waals surface area contributed by atoms with Crippen LogP contribution in [0.15, 0.2) is 12.3 Å². The van der Waals surface area contributed by atoms with E-state index < -0.39 is 5.97 Å². The van der Waals surface area contributed by atoms with Crippen LogP contribution >= 0.6 is 0 Å². The molecule has 2 rings (SSSR count). The first-order chi connectivity index (χ1) is 7.70. The molecule has 16 heavy (non-hydrogen) atoms. The zero-order chi connectivity index (χ0) is 11.5. The third-order valence-corrected chi connectivity index (χ3v) is 2.52. The summed E-state index contributed by atoms with van der Waals surface area (Å²) in [5, 5.41) is 17.6. The fourth-order valence-electron chi connectivity index (χ4n) is 1.67. The average molecular weight is 218 g/mol. The predicted octanol–water partition coefficient (Wildman–Crippen LogP) is 0.525. The summed E-state index contributed by atoms with van der Waals surface area (Å²) in [4.78, 5) is 20.5. The summed E-state index contributed by atoms with van der Waals surface area (Å²) < 4.78 is 0. The van der Waals surface area contributed by atoms with E-state index in [0.29, 0.717) is 19.0 Å². The third kappa shape index (κ3) is 1.93. The molecular weight excluding hydrogens is 208 g/mol. The normalized spacial score (nSPS) is 19.4. The van der Waals surface area contributed by atoms with Crippen molar-refractivity contribution >= 4 is 11.9 Å². The Morgan fingerprint density at radius 1 is 1.69 bits per heavy atom. The van der Waals surface area contributed by atoms with Crippen LogP contribution in [0.1, 0.15) is 16.9 Å². The van der Waals surface area contributed by atoms with Crippen LogP contribution in [0.25, 0.3) is 0 Å². The molecule has 0 spiro atoms. The van der Waals surface area contributed by atoms with Crippen molar-refractivity contribution in [2.75, 3.05) is 18.0 Å². The molecule has 1 N–H and O–H groups in total. The van der Waals surface area contributed by atoms with Gasteiger partial charge in [0.1, 0.15) is 0 Å². The molecule has 0 bridgehead atoms. The van der Waals surface area contributed by atoms with Gasteiger partial charge in [-0.1, -0.05) is 0 Å². The Bertz CT molecular complexity index is 454. The van der Waals surface area contributed by atoms with Gasteiger partial charge in [-0.15, -0.1) is 0 Å². The lowest BCUT2D eigenvalue weighted by atomic mass is 10.1. The number of carboxylic acids is 1. The van der Waals surface area contributed by atoms with Crippen molar-refractivity contribution in [3.05, 3.63) is 18.0 Å². The second-order valence-electron chi connectivity index (χ2n) is 3.61. The Kier molecular flexibility index (Phi) is 2.68. The smallest absolute Gasteiger partial charge is 0.354 e. The molecule has 0 radical (unpaired) electrons. The first-order valence-corrected chi connectivity index (χ1v) is 4.91. The Labute approximate surface area is 92.2 Å². The van der Waals surface area contributed by atoms with Gasteiger partial charge in [-0.05, 0) is 12.5 Å². The fourth-order valence-corrected chi connectivity index (χ4v) is 1.67. The number of rotatable bonds is 2. The van der Waals surface area contributed by atoms with Crippen LogP contribution in [-0.4, -0.2) is 34.1 Å². The molecule has 1 aromatic heterocycles. The molecule has 0 amide bonds. The lowest BCUT2D eigenvalue weighted by Gasteiger charge is -2.14. The summed E-state index contributed by atoms with van der Waals surface area (Å²) in [6.07, 6.45) is 2.20. The number of nitriles is 1. The summed E-state index contributed by atoms with van der Waals surface area (Å²) in [6, 6.07) is 3.54. The van der Waals surface area contributed by atoms with Gasteiger partial charge in [0.15, 0.2) is 5.69 Å². The summed E-state index contributed by atoms with van der Waals surface area (Å²) >= 11 is 0. The number of nitrogens with zero attached hydrogens (tertiary/aromatic N) is 4. The van der Waals surface area contributed by atoms with Gasteiger partial charge in [-0.3, -0.25) is 0 Å². The molecule has 1 unspecified atom stereocenters. The molecule has 1 fully saturated rings. The van der Waals surface area contributed by atoms with Gasteiger partial charge in [0, 0.05) is 19.3 Å². The molecule has 0 aliphatic carbocycles. The Hall–Kier alpha value is -2.16. The van der Waals surface area contributed by atoms with Crippen LogP contribution in [-0.2, 0) is 0 Å². The summed E-state index contributed by atoms with van der Waals surface area (Å²) in [5.41, 5.74) is -0.0228. The molecule has 1 aliphatic heterocycles. The second-order valence-corrected chi connectivity index (χ2v) is 3.61. The number of aromatic nitrogens is 2. The number of carbonyl (C=O) groups is 1. The third-order valence-electron chi connectivity index (χ3n) is 2.52. The first-order valence-electron chi connectivity index (χ1n) is 4.91. The van der Waals surface area contributed by atoms with Crippen molar-refractivity contribution in [2.24, 2.45) is 5.92 Å². The molecular formula is C10H10N4O2. The highest BCUT2D eigenvalue weighted by atomic mass is 16.4. The number of hydrogen-bond acceptors (Lipinski definition) is 5. The molecule has 1 atom stereocenters. The van der Waals surface area contributed by atoms with E-state index >= 15 is 0 Å². The highest BCUT2D eigenvalue weighted by molar-refractivity contribution is 5.85. The van der Waals surface area contributed by atoms with Crippen LogP contribution in [0.3, 0.4) is 0 Å². The quantitative estimate of drug-likeness (QED) is 0.778. The fraction of sp³-hybridized carbons (Fsp3) is 0.400. The molecule has 0 aromatic carbocycles. The van der Waals surface area contributed by atoms with Gasteiger partial charge in [0.25, 0.3) is 0 Å². The minimum absolute atomic E-state index is 0.0166. The lowest BCUT2D eigenvalue weighted by Crippen LogP contribution is -2.22. The van der Waals surface area contributed by atoms with E-state index in [1.165, 1.54) is 12.3 Å². The predicted molar refractivity (Wildman–Crippen MR) is 54.9 cm³/mol. The SMILES string of the molecule is N#CC1CCN(c2nccc(C(=O)O)n2)C1. The maximum atomic E-state index is 10.7. The summed E-state index contributed by atoms with van der Waals surface area (Å²) in [6.45, 7) is 1.26. The number of anilines is 1. The highest BCUT2D eigenvalue weighted by Crippen LogP contribution is 2.19. The Morgan fingerprint density at radius 2 is 2.50 bits per heavy atom. The van der Waals surface area contributed by atoms with Gasteiger partial charge >= 0.3 is 5.97 Å². The van der Waals surface area contributed by atoms with E-state index in [1.807, 2.05) is 4.90 Å². The van der Waals surface area contributed by atoms with Crippen LogP contribution in [0, 0.1) is 17.2 Å². The largest absolute Gasteiger partial charge is 0.477 e. The maximum absolute atomic E-state index is 10.7. The second kappa shape index (κ2) is 4.14. The van der Waals surface area contributed by atoms with E-state index in [4.69, 9.17) is 10.4 Å². The van der Waals surface area contributed by atoms with Crippen LogP contribution in [0.4, 0.5) is 5.95 Å². The number of hydrogen-bond donors (Lipinski definition) is 1. The topological polar surface area (TPSA) is 90.1 Å². The zero-order valence-corrected chi connectivity index (χ0v) is 8.50. The zero-order valence-electron chi connectivity index (χ0n) is 8.50. The van der Waals surface area contributed by atoms with Crippen LogP contribution in [0.5, 0.6) is 0 Å². The Balaban J connectivity index is 2.19. The average Bonchev–Trinajstić information content (AvgIpc) is 2.77. The molecule has 1 saturated heterocycles. The van der Waals surface area contributed by atoms with E-state index in [1.54, 1.807) is 0 Å². The number of aromatic carboxylic acids is 1. The molecule has 82 valence electrons. The van der Waals surface area contributed by atoms with Gasteiger partial charge in [-0.2, -0.15) is 5.26 Å². The van der Waals surface area contributed by atoms with Crippen LogP contribution < -0.4 is 4.90 Å². The first kappa shape index (κ1) is 10.4. The van der Waals surface area contributed by atoms with E-state index in [0.717, 1.165) is 6.42 Å². The molecule has 2 heterocycles. The monoisotopic (exact) mass is 218 g/mol. The maximum Gasteiger partial charge on any atom is 0.354 e. The molecule has 1 aromatic rings. The van der Waals surface area contributed by atoms with Crippen molar-refractivity contribution in [1.29, 1.82) is 5.26 Å². The minimum Gasteiger partial charge on any atom is -0.477 e. The van der Waals surface area contributed by atoms with E-state index in [-0.39, 0.29) is 11.6 Å². The summed E-state index contributed by atoms with van der Waals surface area (Å²) in [5.74, 6) is -0.700. The van der Waals surface area contributed by atoms with Gasteiger partial charge < -0.3 is 10.0 Å². The molecule has 0 saturated carbocycles. The summed E-state index contributed by atoms with van der Waals surface area (Å²) in [7, 11) is 0. The van der Waals surface area contributed by atoms with Crippen molar-refractivity contribution < 1.29 is 9.90 Å². The standard InChI is InChI=1S/C10H10N4O2/c11-5-7-2-4-14(6-7)10-12-3-1-8(13-10)9(15)16/h1,3,7H,2,4,6H2,(H,15,16). The van der Waals surface area contributed by atoms with Gasteiger partial charge in [-0.25, -0.2) is 14.8 Å². The molecule has 1 aliphatic rings. The number of carboxylic acid groups (broad SMARTS) is 1. The molecule has 6 nitrogen and oxygen atoms in total. The van der Waals surface area contributed by atoms with E-state index in [9.17, 15) is 4.79 Å². The minimum atomic E-state index is -1.07. The van der Waals surface area contributed by atoms with Crippen molar-refractivity contribution in [2.45, 2.75) is 6.42 Å². The van der Waals surface area contributed by atoms with Crippen molar-refractivity contribution in [1.82, 2.24) is 9.97 Å². The van der Waals surface area contributed by atoms with Crippen molar-refractivity contribution in [3.63, 3.8) is 0 Å². The Morgan fingerprint density at radius 3 is 3.12 bits per heavy atom. The lowest BCUT2D eigenvalue weighted by molar-refractivity contribution is 0.0690. The van der Waals surface area contributed by atoms with Crippen LogP contribution in [0.2, 0.25) is 0 Å². The van der Waals surface area contributed by atoms with Gasteiger partial charge in [0.05, 0.1) is 12.0 Å². The molecule has 6 heteroatoms. The van der Waals surface area contributed by atoms with Crippen molar-refractivity contribution in [3.8, 4) is 6.07 Å². The van der Waals surface area contributed by atoms with Gasteiger partial charge in [0.2, 0.25) is 5.95 Å². The van der Waals surface area contributed by atoms with E-state index in [2.05, 4.69) is 16.0 Å². The highest BCUT2D eigenvalue weighted by Gasteiger charge is 2.24.